The molecule has 3 rings (SSSR count). The van der Waals surface area contributed by atoms with Gasteiger partial charge >= 0.3 is 6.36 Å². The maximum absolute atomic E-state index is 13.8. The zero-order valence-electron chi connectivity index (χ0n) is 17.0. The molecule has 0 bridgehead atoms. The Bertz CT molecular complexity index is 1130. The van der Waals surface area contributed by atoms with Crippen molar-refractivity contribution in [3.8, 4) is 16.9 Å². The number of nitrogens with zero attached hydrogens (tertiary/aromatic N) is 1. The highest BCUT2D eigenvalue weighted by molar-refractivity contribution is 6.06. The zero-order chi connectivity index (χ0) is 23.5. The number of aromatic nitrogens is 1. The minimum atomic E-state index is -4.77. The molecule has 0 aliphatic heterocycles. The van der Waals surface area contributed by atoms with Gasteiger partial charge in [0.15, 0.2) is 11.6 Å². The number of alkyl halides is 3. The van der Waals surface area contributed by atoms with Crippen LogP contribution >= 0.6 is 0 Å². The molecule has 1 amide bonds. The van der Waals surface area contributed by atoms with Crippen molar-refractivity contribution in [3.05, 3.63) is 83.9 Å². The average molecular weight is 446 g/mol. The van der Waals surface area contributed by atoms with Gasteiger partial charge in [-0.25, -0.2) is 4.39 Å². The molecule has 5 nitrogen and oxygen atoms in total. The first-order valence-corrected chi connectivity index (χ1v) is 9.39. The number of amides is 1. The first-order valence-electron chi connectivity index (χ1n) is 9.39. The molecule has 1 heterocycles. The Labute approximate surface area is 181 Å². The minimum Gasteiger partial charge on any atom is -0.406 e. The number of carbonyl (C=O) groups is 2. The van der Waals surface area contributed by atoms with Gasteiger partial charge in [-0.05, 0) is 43.2 Å². The van der Waals surface area contributed by atoms with Crippen molar-refractivity contribution in [3.63, 3.8) is 0 Å². The summed E-state index contributed by atoms with van der Waals surface area (Å²) in [5.41, 5.74) is 0.0331. The van der Waals surface area contributed by atoms with Crippen LogP contribution in [0.1, 0.15) is 34.6 Å². The van der Waals surface area contributed by atoms with Crippen LogP contribution in [-0.2, 0) is 0 Å². The van der Waals surface area contributed by atoms with Gasteiger partial charge in [-0.2, -0.15) is 0 Å². The average Bonchev–Trinajstić information content (AvgIpc) is 2.73. The third kappa shape index (κ3) is 5.48. The van der Waals surface area contributed by atoms with Gasteiger partial charge in [0.2, 0.25) is 0 Å². The van der Waals surface area contributed by atoms with Gasteiger partial charge in [0, 0.05) is 11.8 Å². The van der Waals surface area contributed by atoms with E-state index in [2.05, 4.69) is 15.0 Å². The Morgan fingerprint density at radius 2 is 1.47 bits per heavy atom. The number of halogens is 4. The molecule has 0 aliphatic carbocycles. The predicted molar refractivity (Wildman–Crippen MR) is 109 cm³/mol. The van der Waals surface area contributed by atoms with Gasteiger partial charge < -0.3 is 10.1 Å². The largest absolute Gasteiger partial charge is 0.573 e. The van der Waals surface area contributed by atoms with Crippen LogP contribution in [0.2, 0.25) is 0 Å². The minimum absolute atomic E-state index is 0.228. The highest BCUT2D eigenvalue weighted by Crippen LogP contribution is 2.27. The lowest BCUT2D eigenvalue weighted by atomic mass is 9.91. The molecule has 2 aromatic carbocycles. The molecule has 1 aromatic heterocycles. The Balaban J connectivity index is 1.72. The van der Waals surface area contributed by atoms with Crippen LogP contribution in [0.5, 0.6) is 5.75 Å². The number of Topliss-reactive ketones (excluding diaryl/α,β-unsaturated/α-hetero) is 1. The van der Waals surface area contributed by atoms with Gasteiger partial charge in [0.05, 0.1) is 17.3 Å². The summed E-state index contributed by atoms with van der Waals surface area (Å²) in [4.78, 5) is 28.8. The summed E-state index contributed by atoms with van der Waals surface area (Å²) in [6.45, 7) is 3.00. The summed E-state index contributed by atoms with van der Waals surface area (Å²) in [5, 5.41) is 2.52. The van der Waals surface area contributed by atoms with E-state index in [1.165, 1.54) is 50.4 Å². The number of benzene rings is 2. The van der Waals surface area contributed by atoms with Crippen molar-refractivity contribution in [2.24, 2.45) is 0 Å². The lowest BCUT2D eigenvalue weighted by Crippen LogP contribution is -2.50. The zero-order valence-corrected chi connectivity index (χ0v) is 17.0. The van der Waals surface area contributed by atoms with Gasteiger partial charge in [-0.3, -0.25) is 14.6 Å². The molecule has 0 atom stereocenters. The van der Waals surface area contributed by atoms with Crippen LogP contribution in [0.4, 0.5) is 17.6 Å². The topological polar surface area (TPSA) is 68.3 Å². The smallest absolute Gasteiger partial charge is 0.406 e. The fourth-order valence-corrected chi connectivity index (χ4v) is 2.99. The third-order valence-electron chi connectivity index (χ3n) is 4.58. The predicted octanol–water partition coefficient (Wildman–Crippen LogP) is 5.18. The van der Waals surface area contributed by atoms with Crippen LogP contribution in [0, 0.1) is 5.82 Å². The Kier molecular flexibility index (Phi) is 6.29. The lowest BCUT2D eigenvalue weighted by Gasteiger charge is -2.25. The van der Waals surface area contributed by atoms with E-state index in [-0.39, 0.29) is 11.3 Å². The Hall–Kier alpha value is -3.75. The Morgan fingerprint density at radius 1 is 0.906 bits per heavy atom. The van der Waals surface area contributed by atoms with E-state index in [4.69, 9.17) is 0 Å². The van der Waals surface area contributed by atoms with Gasteiger partial charge in [0.1, 0.15) is 5.75 Å². The van der Waals surface area contributed by atoms with Crippen LogP contribution in [0.3, 0.4) is 0 Å². The second kappa shape index (κ2) is 8.78. The molecule has 1 N–H and O–H groups in total. The highest BCUT2D eigenvalue weighted by Gasteiger charge is 2.32. The highest BCUT2D eigenvalue weighted by atomic mass is 19.4. The SMILES string of the molecule is CC(C)(NC(=O)c1ccncc1F)C(=O)c1ccc(-c2ccc(OC(F)(F)F)cc2)cc1. The van der Waals surface area contributed by atoms with Crippen molar-refractivity contribution in [2.75, 3.05) is 0 Å². The fourth-order valence-electron chi connectivity index (χ4n) is 2.99. The third-order valence-corrected chi connectivity index (χ3v) is 4.58. The van der Waals surface area contributed by atoms with Crippen LogP contribution in [-0.4, -0.2) is 28.6 Å². The summed E-state index contributed by atoms with van der Waals surface area (Å²) in [5.74, 6) is -2.29. The molecule has 9 heteroatoms. The van der Waals surface area contributed by atoms with Gasteiger partial charge in [-0.1, -0.05) is 36.4 Å². The summed E-state index contributed by atoms with van der Waals surface area (Å²) >= 11 is 0. The number of rotatable bonds is 6. The number of carbonyl (C=O) groups excluding carboxylic acids is 2. The normalized spacial score (nSPS) is 11.7. The number of hydrogen-bond donors (Lipinski definition) is 1. The lowest BCUT2D eigenvalue weighted by molar-refractivity contribution is -0.274. The quantitative estimate of drug-likeness (QED) is 0.419. The fraction of sp³-hybridized carbons (Fsp3) is 0.174. The van der Waals surface area contributed by atoms with E-state index in [1.54, 1.807) is 24.3 Å². The molecule has 0 saturated heterocycles. The molecule has 0 radical (unpaired) electrons. The van der Waals surface area contributed by atoms with Crippen molar-refractivity contribution in [1.29, 1.82) is 0 Å². The van der Waals surface area contributed by atoms with E-state index in [1.807, 2.05) is 0 Å². The van der Waals surface area contributed by atoms with E-state index in [9.17, 15) is 27.2 Å². The molecule has 0 fully saturated rings. The first kappa shape index (κ1) is 22.9. The van der Waals surface area contributed by atoms with Crippen LogP contribution in [0.25, 0.3) is 11.1 Å². The number of pyridine rings is 1. The molecular formula is C23H18F4N2O3. The molecule has 3 aromatic rings. The monoisotopic (exact) mass is 446 g/mol. The van der Waals surface area contributed by atoms with Gasteiger partial charge in [0.25, 0.3) is 5.91 Å². The van der Waals surface area contributed by atoms with E-state index in [0.717, 1.165) is 6.20 Å². The molecular weight excluding hydrogens is 428 g/mol. The van der Waals surface area contributed by atoms with Gasteiger partial charge in [-0.15, -0.1) is 13.2 Å². The second-order valence-electron chi connectivity index (χ2n) is 7.41. The van der Waals surface area contributed by atoms with Crippen LogP contribution in [0.15, 0.2) is 67.0 Å². The molecule has 32 heavy (non-hydrogen) atoms. The maximum atomic E-state index is 13.8. The molecule has 0 saturated carbocycles. The van der Waals surface area contributed by atoms with Crippen molar-refractivity contribution < 1.29 is 31.9 Å². The number of ketones is 1. The summed E-state index contributed by atoms with van der Waals surface area (Å²) in [7, 11) is 0. The molecule has 0 unspecified atom stereocenters. The maximum Gasteiger partial charge on any atom is 0.573 e. The summed E-state index contributed by atoms with van der Waals surface area (Å²) in [6.07, 6.45) is -2.59. The molecule has 0 spiro atoms. The Morgan fingerprint density at radius 3 is 2.00 bits per heavy atom. The van der Waals surface area contributed by atoms with Crippen LogP contribution < -0.4 is 10.1 Å². The standard InChI is InChI=1S/C23H18F4N2O3/c1-22(2,29-21(31)18-11-12-28-13-19(18)24)20(30)16-5-3-14(4-6-16)15-7-9-17(10-8-15)32-23(25,26)27/h3-13H,1-2H3,(H,29,31). The van der Waals surface area contributed by atoms with E-state index in [0.29, 0.717) is 16.7 Å². The van der Waals surface area contributed by atoms with Crippen molar-refractivity contribution >= 4 is 11.7 Å². The molecule has 0 aliphatic rings. The molecule has 166 valence electrons. The second-order valence-corrected chi connectivity index (χ2v) is 7.41. The number of hydrogen-bond acceptors (Lipinski definition) is 4. The summed E-state index contributed by atoms with van der Waals surface area (Å²) < 4.78 is 54.4. The number of nitrogens with one attached hydrogen (secondary N) is 1. The first-order chi connectivity index (χ1) is 15.0. The van der Waals surface area contributed by atoms with E-state index < -0.39 is 29.4 Å². The summed E-state index contributed by atoms with van der Waals surface area (Å²) in [6, 6.07) is 12.9. The van der Waals surface area contributed by atoms with E-state index >= 15 is 0 Å². The number of ether oxygens (including phenoxy) is 1. The van der Waals surface area contributed by atoms with Crippen molar-refractivity contribution in [1.82, 2.24) is 10.3 Å². The van der Waals surface area contributed by atoms with Crippen molar-refractivity contribution in [2.45, 2.75) is 25.7 Å².